The highest BCUT2D eigenvalue weighted by molar-refractivity contribution is 8.00. The SMILES string of the molecule is CC(=O)Oc1ccc(SC(F)(F)F)cc1. The molecule has 0 fully saturated rings. The lowest BCUT2D eigenvalue weighted by atomic mass is 10.3. The first-order chi connectivity index (χ1) is 6.87. The van der Waals surface area contributed by atoms with Gasteiger partial charge in [0.15, 0.2) is 0 Å². The maximum absolute atomic E-state index is 11.9. The summed E-state index contributed by atoms with van der Waals surface area (Å²) in [4.78, 5) is 10.6. The van der Waals surface area contributed by atoms with Crippen molar-refractivity contribution in [3.8, 4) is 5.75 Å². The van der Waals surface area contributed by atoms with E-state index in [1.165, 1.54) is 31.2 Å². The number of esters is 1. The first-order valence-electron chi connectivity index (χ1n) is 3.91. The van der Waals surface area contributed by atoms with Crippen LogP contribution in [0.5, 0.6) is 5.75 Å². The molecule has 0 atom stereocenters. The molecule has 15 heavy (non-hydrogen) atoms. The Morgan fingerprint density at radius 2 is 1.80 bits per heavy atom. The van der Waals surface area contributed by atoms with Gasteiger partial charge in [0.2, 0.25) is 0 Å². The molecule has 0 heterocycles. The topological polar surface area (TPSA) is 26.3 Å². The minimum atomic E-state index is -4.30. The summed E-state index contributed by atoms with van der Waals surface area (Å²) >= 11 is -0.212. The predicted molar refractivity (Wildman–Crippen MR) is 49.7 cm³/mol. The summed E-state index contributed by atoms with van der Waals surface area (Å²) in [5, 5.41) is 0. The molecule has 6 heteroatoms. The lowest BCUT2D eigenvalue weighted by Crippen LogP contribution is -2.01. The molecular formula is C9H7F3O2S. The van der Waals surface area contributed by atoms with Crippen molar-refractivity contribution in [2.24, 2.45) is 0 Å². The van der Waals surface area contributed by atoms with Gasteiger partial charge < -0.3 is 4.74 Å². The maximum atomic E-state index is 11.9. The second-order valence-corrected chi connectivity index (χ2v) is 3.75. The molecule has 0 saturated heterocycles. The number of ether oxygens (including phenoxy) is 1. The Hall–Kier alpha value is -1.17. The standard InChI is InChI=1S/C9H7F3O2S/c1-6(13)14-7-2-4-8(5-3-7)15-9(10,11)12/h2-5H,1H3. The molecule has 0 aliphatic rings. The van der Waals surface area contributed by atoms with E-state index in [2.05, 4.69) is 4.74 Å². The highest BCUT2D eigenvalue weighted by Gasteiger charge is 2.28. The number of alkyl halides is 3. The zero-order valence-electron chi connectivity index (χ0n) is 7.67. The smallest absolute Gasteiger partial charge is 0.427 e. The third-order valence-electron chi connectivity index (χ3n) is 1.32. The lowest BCUT2D eigenvalue weighted by molar-refractivity contribution is -0.131. The van der Waals surface area contributed by atoms with Crippen LogP contribution in [0.15, 0.2) is 29.2 Å². The van der Waals surface area contributed by atoms with Gasteiger partial charge in [-0.05, 0) is 36.0 Å². The molecule has 0 bridgehead atoms. The van der Waals surface area contributed by atoms with Crippen LogP contribution in [0.25, 0.3) is 0 Å². The first-order valence-corrected chi connectivity index (χ1v) is 4.73. The molecule has 0 aliphatic heterocycles. The molecule has 0 unspecified atom stereocenters. The van der Waals surface area contributed by atoms with Crippen molar-refractivity contribution < 1.29 is 22.7 Å². The van der Waals surface area contributed by atoms with E-state index in [1.54, 1.807) is 0 Å². The molecule has 0 aliphatic carbocycles. The van der Waals surface area contributed by atoms with Crippen LogP contribution in [0.4, 0.5) is 13.2 Å². The molecule has 0 aromatic heterocycles. The van der Waals surface area contributed by atoms with Gasteiger partial charge in [0.25, 0.3) is 0 Å². The van der Waals surface area contributed by atoms with Crippen LogP contribution in [0.2, 0.25) is 0 Å². The van der Waals surface area contributed by atoms with Crippen LogP contribution >= 0.6 is 11.8 Å². The van der Waals surface area contributed by atoms with E-state index in [1.807, 2.05) is 0 Å². The summed E-state index contributed by atoms with van der Waals surface area (Å²) in [7, 11) is 0. The number of carbonyl (C=O) groups excluding carboxylic acids is 1. The second-order valence-electron chi connectivity index (χ2n) is 2.61. The van der Waals surface area contributed by atoms with Crippen LogP contribution < -0.4 is 4.74 Å². The fourth-order valence-electron chi connectivity index (χ4n) is 0.875. The van der Waals surface area contributed by atoms with E-state index in [4.69, 9.17) is 0 Å². The summed E-state index contributed by atoms with van der Waals surface area (Å²) in [6.45, 7) is 1.22. The Morgan fingerprint density at radius 3 is 2.20 bits per heavy atom. The number of carbonyl (C=O) groups is 1. The van der Waals surface area contributed by atoms with Crippen molar-refractivity contribution in [3.63, 3.8) is 0 Å². The van der Waals surface area contributed by atoms with Gasteiger partial charge in [-0.15, -0.1) is 0 Å². The van der Waals surface area contributed by atoms with Crippen molar-refractivity contribution in [2.75, 3.05) is 0 Å². The van der Waals surface area contributed by atoms with E-state index in [-0.39, 0.29) is 22.4 Å². The molecule has 2 nitrogen and oxygen atoms in total. The molecule has 1 aromatic rings. The number of benzene rings is 1. The Bertz CT molecular complexity index is 345. The Morgan fingerprint density at radius 1 is 1.27 bits per heavy atom. The van der Waals surface area contributed by atoms with Crippen LogP contribution in [0.1, 0.15) is 6.92 Å². The summed E-state index contributed by atoms with van der Waals surface area (Å²) in [6, 6.07) is 5.12. The van der Waals surface area contributed by atoms with E-state index in [0.717, 1.165) is 0 Å². The first kappa shape index (κ1) is 11.9. The molecule has 82 valence electrons. The lowest BCUT2D eigenvalue weighted by Gasteiger charge is -2.06. The maximum Gasteiger partial charge on any atom is 0.446 e. The van der Waals surface area contributed by atoms with E-state index in [0.29, 0.717) is 0 Å². The number of thioether (sulfide) groups is 1. The molecule has 0 radical (unpaired) electrons. The normalized spacial score (nSPS) is 11.2. The second kappa shape index (κ2) is 4.57. The van der Waals surface area contributed by atoms with Crippen molar-refractivity contribution >= 4 is 17.7 Å². The van der Waals surface area contributed by atoms with Crippen LogP contribution in [0, 0.1) is 0 Å². The monoisotopic (exact) mass is 236 g/mol. The van der Waals surface area contributed by atoms with Gasteiger partial charge in [-0.3, -0.25) is 4.79 Å². The van der Waals surface area contributed by atoms with Gasteiger partial charge in [-0.25, -0.2) is 0 Å². The largest absolute Gasteiger partial charge is 0.446 e. The molecule has 0 amide bonds. The number of hydrogen-bond acceptors (Lipinski definition) is 3. The molecule has 1 rings (SSSR count). The summed E-state index contributed by atoms with van der Waals surface area (Å²) in [6.07, 6.45) is 0. The van der Waals surface area contributed by atoms with Crippen molar-refractivity contribution in [2.45, 2.75) is 17.3 Å². The van der Waals surface area contributed by atoms with Gasteiger partial charge in [-0.2, -0.15) is 13.2 Å². The highest BCUT2D eigenvalue weighted by Crippen LogP contribution is 2.37. The van der Waals surface area contributed by atoms with E-state index >= 15 is 0 Å². The number of halogens is 3. The average molecular weight is 236 g/mol. The van der Waals surface area contributed by atoms with Crippen molar-refractivity contribution in [1.82, 2.24) is 0 Å². The Balaban J connectivity index is 2.68. The molecule has 0 saturated carbocycles. The minimum Gasteiger partial charge on any atom is -0.427 e. The quantitative estimate of drug-likeness (QED) is 0.448. The third kappa shape index (κ3) is 4.73. The fourth-order valence-corrected chi connectivity index (χ4v) is 1.41. The van der Waals surface area contributed by atoms with Gasteiger partial charge in [0.05, 0.1) is 0 Å². The van der Waals surface area contributed by atoms with Gasteiger partial charge in [0.1, 0.15) is 5.75 Å². The Kier molecular flexibility index (Phi) is 3.62. The minimum absolute atomic E-state index is 0.0541. The average Bonchev–Trinajstić information content (AvgIpc) is 2.05. The molecular weight excluding hydrogens is 229 g/mol. The zero-order valence-corrected chi connectivity index (χ0v) is 8.48. The molecule has 0 N–H and O–H groups in total. The third-order valence-corrected chi connectivity index (χ3v) is 2.06. The van der Waals surface area contributed by atoms with Crippen LogP contribution in [-0.4, -0.2) is 11.5 Å². The van der Waals surface area contributed by atoms with Crippen LogP contribution in [0.3, 0.4) is 0 Å². The zero-order chi connectivity index (χ0) is 11.5. The van der Waals surface area contributed by atoms with Crippen LogP contribution in [-0.2, 0) is 4.79 Å². The van der Waals surface area contributed by atoms with E-state index in [9.17, 15) is 18.0 Å². The fraction of sp³-hybridized carbons (Fsp3) is 0.222. The van der Waals surface area contributed by atoms with Gasteiger partial charge >= 0.3 is 11.5 Å². The summed E-state index contributed by atoms with van der Waals surface area (Å²) in [5.41, 5.74) is -4.30. The molecule has 0 spiro atoms. The number of rotatable bonds is 2. The predicted octanol–water partition coefficient (Wildman–Crippen LogP) is 3.22. The van der Waals surface area contributed by atoms with E-state index < -0.39 is 11.5 Å². The van der Waals surface area contributed by atoms with Gasteiger partial charge in [0, 0.05) is 11.8 Å². The van der Waals surface area contributed by atoms with Crippen molar-refractivity contribution in [1.29, 1.82) is 0 Å². The summed E-state index contributed by atoms with van der Waals surface area (Å²) in [5.74, 6) is -0.278. The molecule has 1 aromatic carbocycles. The highest BCUT2D eigenvalue weighted by atomic mass is 32.2. The van der Waals surface area contributed by atoms with Gasteiger partial charge in [-0.1, -0.05) is 0 Å². The van der Waals surface area contributed by atoms with Crippen molar-refractivity contribution in [3.05, 3.63) is 24.3 Å². The number of hydrogen-bond donors (Lipinski definition) is 0. The Labute approximate surface area is 88.4 Å². The summed E-state index contributed by atoms with van der Waals surface area (Å²) < 4.78 is 40.5.